The molecule has 0 aliphatic rings. The fourth-order valence-electron chi connectivity index (χ4n) is 3.80. The van der Waals surface area contributed by atoms with Crippen LogP contribution in [0, 0.1) is 13.8 Å². The number of rotatable bonds is 9. The van der Waals surface area contributed by atoms with Gasteiger partial charge in [-0.25, -0.2) is 9.78 Å². The van der Waals surface area contributed by atoms with Gasteiger partial charge in [-0.3, -0.25) is 4.79 Å². The lowest BCUT2D eigenvalue weighted by Crippen LogP contribution is -2.19. The number of anilines is 1. The minimum Gasteiger partial charge on any atom is -0.493 e. The van der Waals surface area contributed by atoms with Crippen LogP contribution in [0.25, 0.3) is 16.7 Å². The van der Waals surface area contributed by atoms with Crippen molar-refractivity contribution in [1.29, 1.82) is 0 Å². The van der Waals surface area contributed by atoms with E-state index in [9.17, 15) is 9.59 Å². The molecule has 0 unspecified atom stereocenters. The Bertz CT molecular complexity index is 1340. The molecule has 8 nitrogen and oxygen atoms in total. The molecule has 0 fully saturated rings. The van der Waals surface area contributed by atoms with Gasteiger partial charge in [0.15, 0.2) is 11.6 Å². The van der Waals surface area contributed by atoms with Gasteiger partial charge in [-0.2, -0.15) is 9.78 Å². The number of benzene rings is 2. The van der Waals surface area contributed by atoms with Gasteiger partial charge in [-0.15, -0.1) is 0 Å². The van der Waals surface area contributed by atoms with E-state index in [0.29, 0.717) is 18.8 Å². The number of hydrogen-bond acceptors (Lipinski definition) is 6. The molecule has 2 aromatic heterocycles. The van der Waals surface area contributed by atoms with Crippen molar-refractivity contribution in [3.05, 3.63) is 77.5 Å². The number of carbonyl (C=O) groups excluding carboxylic acids is 2. The van der Waals surface area contributed by atoms with E-state index in [-0.39, 0.29) is 30.3 Å². The van der Waals surface area contributed by atoms with Crippen molar-refractivity contribution >= 4 is 28.6 Å². The summed E-state index contributed by atoms with van der Waals surface area (Å²) in [6, 6.07) is 17.4. The molecule has 4 aromatic rings. The second-order valence-corrected chi connectivity index (χ2v) is 8.12. The normalized spacial score (nSPS) is 10.8. The van der Waals surface area contributed by atoms with Gasteiger partial charge < -0.3 is 14.8 Å². The number of nitrogens with one attached hydrogen (secondary N) is 1. The van der Waals surface area contributed by atoms with E-state index in [2.05, 4.69) is 15.4 Å². The Morgan fingerprint density at radius 1 is 1.00 bits per heavy atom. The predicted molar refractivity (Wildman–Crippen MR) is 134 cm³/mol. The van der Waals surface area contributed by atoms with E-state index in [0.717, 1.165) is 27.8 Å². The number of carbonyl (C=O) groups is 2. The van der Waals surface area contributed by atoms with Crippen LogP contribution in [0.15, 0.2) is 60.8 Å². The van der Waals surface area contributed by atoms with Crippen molar-refractivity contribution in [3.8, 4) is 11.6 Å². The molecule has 0 spiro atoms. The highest BCUT2D eigenvalue weighted by atomic mass is 16.5. The van der Waals surface area contributed by atoms with Gasteiger partial charge >= 0.3 is 5.97 Å². The van der Waals surface area contributed by atoms with Gasteiger partial charge in [0, 0.05) is 11.8 Å². The number of para-hydroxylation sites is 2. The van der Waals surface area contributed by atoms with Crippen LogP contribution in [0.5, 0.6) is 5.75 Å². The molecular formula is C27H28N4O4. The summed E-state index contributed by atoms with van der Waals surface area (Å²) in [5.74, 6) is 0.731. The van der Waals surface area contributed by atoms with Crippen LogP contribution in [-0.4, -0.2) is 39.9 Å². The summed E-state index contributed by atoms with van der Waals surface area (Å²) in [5.41, 5.74) is 3.06. The maximum absolute atomic E-state index is 12.8. The Kier molecular flexibility index (Phi) is 7.40. The smallest absolute Gasteiger partial charge is 0.343 e. The Balaban J connectivity index is 1.50. The quantitative estimate of drug-likeness (QED) is 0.272. The van der Waals surface area contributed by atoms with E-state index in [1.165, 1.54) is 10.9 Å². The summed E-state index contributed by atoms with van der Waals surface area (Å²) in [7, 11) is 0. The molecule has 180 valence electrons. The third-order valence-electron chi connectivity index (χ3n) is 5.53. The van der Waals surface area contributed by atoms with Crippen molar-refractivity contribution in [2.45, 2.75) is 33.6 Å². The zero-order chi connectivity index (χ0) is 24.8. The van der Waals surface area contributed by atoms with Crippen molar-refractivity contribution in [2.24, 2.45) is 0 Å². The van der Waals surface area contributed by atoms with E-state index < -0.39 is 5.97 Å². The summed E-state index contributed by atoms with van der Waals surface area (Å²) < 4.78 is 12.5. The molecule has 1 N–H and O–H groups in total. The van der Waals surface area contributed by atoms with E-state index >= 15 is 0 Å². The highest BCUT2D eigenvalue weighted by Gasteiger charge is 2.22. The van der Waals surface area contributed by atoms with Crippen LogP contribution in [0.3, 0.4) is 0 Å². The maximum atomic E-state index is 12.8. The number of amides is 1. The number of fused-ring (bicyclic) bond motifs is 1. The van der Waals surface area contributed by atoms with Gasteiger partial charge in [0.25, 0.3) is 0 Å². The molecule has 8 heteroatoms. The molecule has 35 heavy (non-hydrogen) atoms. The molecule has 0 saturated carbocycles. The monoisotopic (exact) mass is 472 g/mol. The van der Waals surface area contributed by atoms with Crippen LogP contribution in [0.2, 0.25) is 0 Å². The summed E-state index contributed by atoms with van der Waals surface area (Å²) in [4.78, 5) is 30.0. The highest BCUT2D eigenvalue weighted by molar-refractivity contribution is 6.00. The van der Waals surface area contributed by atoms with E-state index in [4.69, 9.17) is 9.47 Å². The van der Waals surface area contributed by atoms with Gasteiger partial charge in [-0.1, -0.05) is 36.4 Å². The number of ether oxygens (including phenoxy) is 2. The molecule has 0 saturated heterocycles. The third-order valence-corrected chi connectivity index (χ3v) is 5.53. The van der Waals surface area contributed by atoms with Gasteiger partial charge in [0.05, 0.1) is 24.9 Å². The molecule has 0 aliphatic carbocycles. The Hall–Kier alpha value is -4.20. The van der Waals surface area contributed by atoms with Crippen molar-refractivity contribution in [3.63, 3.8) is 0 Å². The van der Waals surface area contributed by atoms with Crippen molar-refractivity contribution in [1.82, 2.24) is 14.8 Å². The molecule has 2 aromatic carbocycles. The van der Waals surface area contributed by atoms with Crippen molar-refractivity contribution in [2.75, 3.05) is 18.5 Å². The minimum atomic E-state index is -0.562. The number of aromatic nitrogens is 3. The summed E-state index contributed by atoms with van der Waals surface area (Å²) >= 11 is 0. The van der Waals surface area contributed by atoms with Crippen LogP contribution in [-0.2, 0) is 9.53 Å². The average molecular weight is 473 g/mol. The standard InChI is InChI=1S/C27H28N4O4/c1-4-34-27(33)21-17-28-31(23-15-14-20-11-5-6-12-22(20)29-23)26(21)30-24(32)13-8-16-35-25-18(2)9-7-10-19(25)3/h5-7,9-12,14-15,17H,4,8,13,16H2,1-3H3,(H,30,32). The fourth-order valence-corrected chi connectivity index (χ4v) is 3.80. The summed E-state index contributed by atoms with van der Waals surface area (Å²) in [6.45, 7) is 6.32. The second kappa shape index (κ2) is 10.8. The number of pyridine rings is 1. The molecule has 0 aliphatic heterocycles. The lowest BCUT2D eigenvalue weighted by atomic mass is 10.1. The van der Waals surface area contributed by atoms with Gasteiger partial charge in [0.2, 0.25) is 5.91 Å². The number of esters is 1. The number of aryl methyl sites for hydroxylation is 2. The van der Waals surface area contributed by atoms with Crippen LogP contribution in [0.4, 0.5) is 5.82 Å². The Morgan fingerprint density at radius 2 is 1.77 bits per heavy atom. The molecule has 4 rings (SSSR count). The zero-order valence-corrected chi connectivity index (χ0v) is 20.1. The highest BCUT2D eigenvalue weighted by Crippen LogP contribution is 2.24. The van der Waals surface area contributed by atoms with Crippen LogP contribution < -0.4 is 10.1 Å². The Labute approximate surface area is 203 Å². The van der Waals surface area contributed by atoms with Crippen LogP contribution in [0.1, 0.15) is 41.3 Å². The SMILES string of the molecule is CCOC(=O)c1cnn(-c2ccc3ccccc3n2)c1NC(=O)CCCOc1c(C)cccc1C. The van der Waals surface area contributed by atoms with E-state index in [1.807, 2.05) is 62.4 Å². The Morgan fingerprint density at radius 3 is 2.54 bits per heavy atom. The van der Waals surface area contributed by atoms with E-state index in [1.54, 1.807) is 13.0 Å². The largest absolute Gasteiger partial charge is 0.493 e. The number of nitrogens with zero attached hydrogens (tertiary/aromatic N) is 3. The second-order valence-electron chi connectivity index (χ2n) is 8.12. The first-order valence-electron chi connectivity index (χ1n) is 11.6. The summed E-state index contributed by atoms with van der Waals surface area (Å²) in [6.07, 6.45) is 2.11. The predicted octanol–water partition coefficient (Wildman–Crippen LogP) is 5.01. The molecular weight excluding hydrogens is 444 g/mol. The first-order valence-corrected chi connectivity index (χ1v) is 11.6. The molecule has 1 amide bonds. The first-order chi connectivity index (χ1) is 17.0. The minimum absolute atomic E-state index is 0.168. The number of hydrogen-bond donors (Lipinski definition) is 1. The first kappa shape index (κ1) is 23.9. The molecule has 2 heterocycles. The van der Waals surface area contributed by atoms with Gasteiger partial charge in [0.1, 0.15) is 11.3 Å². The fraction of sp³-hybridized carbons (Fsp3) is 0.259. The lowest BCUT2D eigenvalue weighted by Gasteiger charge is -2.13. The maximum Gasteiger partial charge on any atom is 0.343 e. The van der Waals surface area contributed by atoms with Crippen molar-refractivity contribution < 1.29 is 19.1 Å². The average Bonchev–Trinajstić information content (AvgIpc) is 3.26. The molecule has 0 atom stereocenters. The lowest BCUT2D eigenvalue weighted by molar-refractivity contribution is -0.116. The van der Waals surface area contributed by atoms with Gasteiger partial charge in [-0.05, 0) is 56.5 Å². The molecule has 0 radical (unpaired) electrons. The zero-order valence-electron chi connectivity index (χ0n) is 20.1. The van der Waals surface area contributed by atoms with Crippen LogP contribution >= 0.6 is 0 Å². The summed E-state index contributed by atoms with van der Waals surface area (Å²) in [5, 5.41) is 8.13. The topological polar surface area (TPSA) is 95.3 Å². The third kappa shape index (κ3) is 5.48. The molecule has 0 bridgehead atoms.